The number of carbonyl (C=O) groups excluding carboxylic acids is 1. The van der Waals surface area contributed by atoms with Crippen LogP contribution in [0.25, 0.3) is 0 Å². The Bertz CT molecular complexity index is 640. The largest absolute Gasteiger partial charge is 0.395 e. The molecular weight excluding hydrogens is 248 g/mol. The van der Waals surface area contributed by atoms with Crippen molar-refractivity contribution in [2.24, 2.45) is 0 Å². The van der Waals surface area contributed by atoms with Crippen LogP contribution >= 0.6 is 0 Å². The molecule has 1 aliphatic rings. The van der Waals surface area contributed by atoms with Gasteiger partial charge in [-0.1, -0.05) is 59.7 Å². The summed E-state index contributed by atoms with van der Waals surface area (Å²) in [4.78, 5) is 12.4. The average molecular weight is 266 g/mol. The Hall–Kier alpha value is -1.93. The number of carbonyl (C=O) groups is 1. The second kappa shape index (κ2) is 4.57. The van der Waals surface area contributed by atoms with Gasteiger partial charge in [0.25, 0.3) is 0 Å². The molecule has 0 aliphatic heterocycles. The Morgan fingerprint density at radius 3 is 1.95 bits per heavy atom. The summed E-state index contributed by atoms with van der Waals surface area (Å²) >= 11 is 0. The number of ketones is 1. The van der Waals surface area contributed by atoms with E-state index in [1.807, 2.05) is 62.4 Å². The van der Waals surface area contributed by atoms with Crippen molar-refractivity contribution in [2.45, 2.75) is 25.2 Å². The molecule has 1 saturated carbocycles. The predicted molar refractivity (Wildman–Crippen MR) is 78.9 cm³/mol. The summed E-state index contributed by atoms with van der Waals surface area (Å²) in [5.41, 5.74) is 3.51. The first-order chi connectivity index (χ1) is 9.59. The molecule has 0 amide bonds. The van der Waals surface area contributed by atoms with Gasteiger partial charge >= 0.3 is 0 Å². The number of aliphatic hydroxyl groups is 1. The molecule has 2 aromatic rings. The molecule has 1 N–H and O–H groups in total. The molecule has 102 valence electrons. The van der Waals surface area contributed by atoms with Crippen molar-refractivity contribution in [2.75, 3.05) is 6.61 Å². The predicted octanol–water partition coefficient (Wildman–Crippen LogP) is 2.90. The van der Waals surface area contributed by atoms with Gasteiger partial charge in [0.1, 0.15) is 0 Å². The van der Waals surface area contributed by atoms with E-state index in [0.717, 1.165) is 16.7 Å². The van der Waals surface area contributed by atoms with E-state index in [1.165, 1.54) is 5.56 Å². The van der Waals surface area contributed by atoms with Gasteiger partial charge in [0, 0.05) is 0 Å². The van der Waals surface area contributed by atoms with Crippen molar-refractivity contribution in [3.05, 3.63) is 70.8 Å². The van der Waals surface area contributed by atoms with Gasteiger partial charge in [-0.15, -0.1) is 0 Å². The first-order valence-electron chi connectivity index (χ1n) is 6.88. The Balaban J connectivity index is 2.01. The van der Waals surface area contributed by atoms with Gasteiger partial charge in [0.05, 0.1) is 17.9 Å². The molecule has 3 rings (SSSR count). The molecule has 2 nitrogen and oxygen atoms in total. The highest BCUT2D eigenvalue weighted by Gasteiger charge is 2.65. The Kier molecular flexibility index (Phi) is 2.98. The van der Waals surface area contributed by atoms with Gasteiger partial charge in [-0.2, -0.15) is 0 Å². The van der Waals surface area contributed by atoms with Gasteiger partial charge in [0.2, 0.25) is 0 Å². The van der Waals surface area contributed by atoms with Crippen LogP contribution in [0.2, 0.25) is 0 Å². The van der Waals surface area contributed by atoms with Crippen LogP contribution in [0, 0.1) is 13.8 Å². The number of hydrogen-bond donors (Lipinski definition) is 1. The lowest BCUT2D eigenvalue weighted by molar-refractivity contribution is -0.112. The number of hydrogen-bond acceptors (Lipinski definition) is 2. The highest BCUT2D eigenvalue weighted by Crippen LogP contribution is 2.56. The van der Waals surface area contributed by atoms with Crippen LogP contribution in [-0.4, -0.2) is 17.5 Å². The fourth-order valence-electron chi connectivity index (χ4n) is 2.96. The van der Waals surface area contributed by atoms with Crippen molar-refractivity contribution in [1.29, 1.82) is 0 Å². The zero-order chi connectivity index (χ0) is 14.3. The zero-order valence-electron chi connectivity index (χ0n) is 11.8. The third-order valence-electron chi connectivity index (χ3n) is 4.34. The van der Waals surface area contributed by atoms with Crippen LogP contribution in [0.3, 0.4) is 0 Å². The van der Waals surface area contributed by atoms with Crippen LogP contribution < -0.4 is 0 Å². The van der Waals surface area contributed by atoms with E-state index >= 15 is 0 Å². The van der Waals surface area contributed by atoms with Gasteiger partial charge in [-0.3, -0.25) is 4.79 Å². The average Bonchev–Trinajstić information content (AvgIpc) is 3.06. The van der Waals surface area contributed by atoms with Crippen molar-refractivity contribution in [3.8, 4) is 0 Å². The van der Waals surface area contributed by atoms with E-state index in [9.17, 15) is 9.90 Å². The van der Waals surface area contributed by atoms with Gasteiger partial charge < -0.3 is 5.11 Å². The molecule has 1 aliphatic carbocycles. The van der Waals surface area contributed by atoms with E-state index < -0.39 is 5.41 Å². The number of Topliss-reactive ketones (excluding diaryl/α,β-unsaturated/α-hetero) is 1. The molecule has 2 unspecified atom stereocenters. The topological polar surface area (TPSA) is 37.3 Å². The fraction of sp³-hybridized carbons (Fsp3) is 0.278. The summed E-state index contributed by atoms with van der Waals surface area (Å²) in [7, 11) is 0. The maximum atomic E-state index is 12.4. The van der Waals surface area contributed by atoms with Gasteiger partial charge in [0.15, 0.2) is 5.78 Å². The summed E-state index contributed by atoms with van der Waals surface area (Å²) in [6.07, 6.45) is 0. The normalized spacial score (nSPS) is 24.8. The Morgan fingerprint density at radius 2 is 1.45 bits per heavy atom. The Labute approximate surface area is 119 Å². The number of aryl methyl sites for hydroxylation is 2. The van der Waals surface area contributed by atoms with Gasteiger partial charge in [-0.25, -0.2) is 0 Å². The number of aliphatic hydroxyl groups excluding tert-OH is 1. The van der Waals surface area contributed by atoms with Crippen LogP contribution in [0.4, 0.5) is 0 Å². The molecule has 0 aromatic heterocycles. The lowest BCUT2D eigenvalue weighted by Crippen LogP contribution is -2.17. The summed E-state index contributed by atoms with van der Waals surface area (Å²) in [6, 6.07) is 15.9. The molecule has 0 radical (unpaired) electrons. The molecule has 2 heteroatoms. The molecule has 2 atom stereocenters. The van der Waals surface area contributed by atoms with Crippen molar-refractivity contribution >= 4 is 5.78 Å². The van der Waals surface area contributed by atoms with Crippen LogP contribution in [0.15, 0.2) is 48.5 Å². The second-order valence-corrected chi connectivity index (χ2v) is 5.70. The highest BCUT2D eigenvalue weighted by atomic mass is 16.3. The second-order valence-electron chi connectivity index (χ2n) is 5.70. The zero-order valence-corrected chi connectivity index (χ0v) is 11.8. The number of rotatable bonds is 3. The minimum atomic E-state index is -0.733. The summed E-state index contributed by atoms with van der Waals surface area (Å²) < 4.78 is 0. The van der Waals surface area contributed by atoms with Crippen molar-refractivity contribution < 1.29 is 9.90 Å². The fourth-order valence-corrected chi connectivity index (χ4v) is 2.96. The van der Waals surface area contributed by atoms with Crippen molar-refractivity contribution in [1.82, 2.24) is 0 Å². The first kappa shape index (κ1) is 13.1. The van der Waals surface area contributed by atoms with E-state index in [0.29, 0.717) is 0 Å². The molecule has 0 saturated heterocycles. The maximum Gasteiger partial charge on any atom is 0.155 e. The monoisotopic (exact) mass is 266 g/mol. The van der Waals surface area contributed by atoms with E-state index in [2.05, 4.69) is 0 Å². The lowest BCUT2D eigenvalue weighted by atomic mass is 9.91. The highest BCUT2D eigenvalue weighted by molar-refractivity contribution is 6.14. The minimum Gasteiger partial charge on any atom is -0.395 e. The minimum absolute atomic E-state index is 0.118. The Morgan fingerprint density at radius 1 is 0.950 bits per heavy atom. The SMILES string of the molecule is Cc1ccc(C2C(=O)C2(CO)c2ccc(C)cc2)cc1. The molecule has 20 heavy (non-hydrogen) atoms. The number of benzene rings is 2. The van der Waals surface area contributed by atoms with Crippen LogP contribution in [0.1, 0.15) is 28.2 Å². The third kappa shape index (κ3) is 1.80. The van der Waals surface area contributed by atoms with E-state index in [1.54, 1.807) is 0 Å². The smallest absolute Gasteiger partial charge is 0.155 e. The third-order valence-corrected chi connectivity index (χ3v) is 4.34. The summed E-state index contributed by atoms with van der Waals surface area (Å²) in [6.45, 7) is 3.91. The van der Waals surface area contributed by atoms with Gasteiger partial charge in [-0.05, 0) is 25.0 Å². The van der Waals surface area contributed by atoms with Crippen molar-refractivity contribution in [3.63, 3.8) is 0 Å². The van der Waals surface area contributed by atoms with E-state index in [4.69, 9.17) is 0 Å². The summed E-state index contributed by atoms with van der Waals surface area (Å²) in [5.74, 6) is -0.0940. The van der Waals surface area contributed by atoms with E-state index in [-0.39, 0.29) is 18.3 Å². The van der Waals surface area contributed by atoms with Crippen LogP contribution in [0.5, 0.6) is 0 Å². The first-order valence-corrected chi connectivity index (χ1v) is 6.88. The lowest BCUT2D eigenvalue weighted by Gasteiger charge is -2.13. The standard InChI is InChI=1S/C18H18O2/c1-12-3-7-14(8-4-12)16-17(20)18(16,11-19)15-9-5-13(2)6-10-15/h3-10,16,19H,11H2,1-2H3. The quantitative estimate of drug-likeness (QED) is 0.927. The summed E-state index contributed by atoms with van der Waals surface area (Å²) in [5, 5.41) is 9.82. The molecule has 1 fully saturated rings. The molecule has 0 heterocycles. The molecule has 0 spiro atoms. The molecule has 0 bridgehead atoms. The maximum absolute atomic E-state index is 12.4. The molecule has 2 aromatic carbocycles. The molecular formula is C18H18O2. The van der Waals surface area contributed by atoms with Crippen LogP contribution in [-0.2, 0) is 10.2 Å².